The molecule has 3 heteroatoms. The maximum absolute atomic E-state index is 6.40. The molecule has 1 atom stereocenters. The van der Waals surface area contributed by atoms with Crippen LogP contribution in [-0.2, 0) is 0 Å². The fourth-order valence-electron chi connectivity index (χ4n) is 3.49. The minimum absolute atomic E-state index is 0.0406. The molecule has 1 aromatic carbocycles. The van der Waals surface area contributed by atoms with Crippen LogP contribution in [0.1, 0.15) is 62.3 Å². The number of nitrogens with zero attached hydrogens (tertiary/aromatic N) is 2. The third kappa shape index (κ3) is 2.35. The van der Waals surface area contributed by atoms with Gasteiger partial charge in [0.2, 0.25) is 0 Å². The Morgan fingerprint density at radius 2 is 1.95 bits per heavy atom. The highest BCUT2D eigenvalue weighted by Crippen LogP contribution is 2.37. The molecule has 1 saturated carbocycles. The van der Waals surface area contributed by atoms with Crippen LogP contribution in [0.2, 0.25) is 0 Å². The maximum atomic E-state index is 6.40. The smallest absolute Gasteiger partial charge is 0.127 e. The quantitative estimate of drug-likeness (QED) is 0.678. The molecule has 0 amide bonds. The molecule has 0 radical (unpaired) electrons. The van der Waals surface area contributed by atoms with Gasteiger partial charge in [-0.05, 0) is 57.1 Å². The van der Waals surface area contributed by atoms with E-state index in [2.05, 4.69) is 36.6 Å². The number of hydrogen-bond acceptors (Lipinski definition) is 1. The second-order valence-electron chi connectivity index (χ2n) is 6.31. The molecule has 2 nitrogen and oxygen atoms in total. The van der Waals surface area contributed by atoms with Gasteiger partial charge in [0.1, 0.15) is 5.82 Å². The van der Waals surface area contributed by atoms with Gasteiger partial charge < -0.3 is 4.57 Å². The summed E-state index contributed by atoms with van der Waals surface area (Å²) >= 11 is 6.40. The van der Waals surface area contributed by atoms with E-state index >= 15 is 0 Å². The minimum atomic E-state index is -0.0406. The highest BCUT2D eigenvalue weighted by atomic mass is 35.5. The Hall–Kier alpha value is -1.02. The van der Waals surface area contributed by atoms with E-state index in [-0.39, 0.29) is 5.38 Å². The highest BCUT2D eigenvalue weighted by Gasteiger charge is 2.25. The van der Waals surface area contributed by atoms with Crippen molar-refractivity contribution >= 4 is 22.6 Å². The number of alkyl halides is 1. The Labute approximate surface area is 126 Å². The molecule has 0 N–H and O–H groups in total. The lowest BCUT2D eigenvalue weighted by atomic mass is 9.87. The zero-order valence-corrected chi connectivity index (χ0v) is 13.3. The third-order valence-electron chi connectivity index (χ3n) is 4.65. The summed E-state index contributed by atoms with van der Waals surface area (Å²) in [5, 5.41) is -0.0406. The van der Waals surface area contributed by atoms with Gasteiger partial charge in [-0.25, -0.2) is 4.98 Å². The molecule has 1 aromatic heterocycles. The molecule has 2 aromatic rings. The Bertz CT molecular complexity index is 607. The number of hydrogen-bond donors (Lipinski definition) is 0. The van der Waals surface area contributed by atoms with Crippen LogP contribution in [0.4, 0.5) is 0 Å². The predicted molar refractivity (Wildman–Crippen MR) is 85.4 cm³/mol. The lowest BCUT2D eigenvalue weighted by molar-refractivity contribution is 0.289. The van der Waals surface area contributed by atoms with Crippen LogP contribution >= 0.6 is 11.6 Å². The number of aromatic nitrogens is 2. The van der Waals surface area contributed by atoms with Crippen LogP contribution in [0.25, 0.3) is 11.0 Å². The predicted octanol–water partition coefficient (Wildman–Crippen LogP) is 5.40. The van der Waals surface area contributed by atoms with Gasteiger partial charge in [-0.1, -0.05) is 19.1 Å². The van der Waals surface area contributed by atoms with E-state index in [0.29, 0.717) is 6.04 Å². The number of fused-ring (bicyclic) bond motifs is 1. The Morgan fingerprint density at radius 1 is 1.25 bits per heavy atom. The standard InChI is InChI=1S/C17H23ClN2/c1-11-7-9-14(10-8-11)20-16-12(2)5-4-6-15(16)19-17(20)13(3)18/h4-6,11,13-14H,7-10H2,1-3H3. The molecule has 0 spiro atoms. The fraction of sp³-hybridized carbons (Fsp3) is 0.588. The van der Waals surface area contributed by atoms with Gasteiger partial charge in [-0.2, -0.15) is 0 Å². The van der Waals surface area contributed by atoms with Crippen molar-refractivity contribution in [2.24, 2.45) is 5.92 Å². The van der Waals surface area contributed by atoms with Crippen molar-refractivity contribution in [3.63, 3.8) is 0 Å². The molecule has 1 aliphatic carbocycles. The molecule has 1 unspecified atom stereocenters. The monoisotopic (exact) mass is 290 g/mol. The molecule has 3 rings (SSSR count). The van der Waals surface area contributed by atoms with Gasteiger partial charge in [-0.3, -0.25) is 0 Å². The summed E-state index contributed by atoms with van der Waals surface area (Å²) in [5.41, 5.74) is 3.68. The Balaban J connectivity index is 2.13. The van der Waals surface area contributed by atoms with Gasteiger partial charge in [0.15, 0.2) is 0 Å². The van der Waals surface area contributed by atoms with Crippen LogP contribution in [-0.4, -0.2) is 9.55 Å². The lowest BCUT2D eigenvalue weighted by Gasteiger charge is -2.29. The maximum Gasteiger partial charge on any atom is 0.127 e. The van der Waals surface area contributed by atoms with Crippen molar-refractivity contribution in [1.82, 2.24) is 9.55 Å². The molecular weight excluding hydrogens is 268 g/mol. The number of imidazole rings is 1. The molecule has 20 heavy (non-hydrogen) atoms. The fourth-order valence-corrected chi connectivity index (χ4v) is 3.64. The van der Waals surface area contributed by atoms with E-state index in [1.165, 1.54) is 36.8 Å². The molecule has 0 saturated heterocycles. The van der Waals surface area contributed by atoms with E-state index in [4.69, 9.17) is 16.6 Å². The summed E-state index contributed by atoms with van der Waals surface area (Å²) in [6.07, 6.45) is 5.12. The first-order chi connectivity index (χ1) is 9.58. The second-order valence-corrected chi connectivity index (χ2v) is 6.97. The van der Waals surface area contributed by atoms with Crippen molar-refractivity contribution in [1.29, 1.82) is 0 Å². The van der Waals surface area contributed by atoms with Crippen molar-refractivity contribution in [3.05, 3.63) is 29.6 Å². The summed E-state index contributed by atoms with van der Waals surface area (Å²) in [5.74, 6) is 1.90. The molecular formula is C17H23ClN2. The van der Waals surface area contributed by atoms with Gasteiger partial charge in [0.25, 0.3) is 0 Å². The molecule has 1 aliphatic rings. The van der Waals surface area contributed by atoms with Gasteiger partial charge >= 0.3 is 0 Å². The van der Waals surface area contributed by atoms with Crippen molar-refractivity contribution in [2.45, 2.75) is 57.9 Å². The first-order valence-corrected chi connectivity index (χ1v) is 8.13. The molecule has 1 fully saturated rings. The van der Waals surface area contributed by atoms with Gasteiger partial charge in [0.05, 0.1) is 16.4 Å². The van der Waals surface area contributed by atoms with Crippen LogP contribution in [0.5, 0.6) is 0 Å². The Kier molecular flexibility index (Phi) is 3.76. The summed E-state index contributed by atoms with van der Waals surface area (Å²) in [6.45, 7) is 6.56. The highest BCUT2D eigenvalue weighted by molar-refractivity contribution is 6.20. The number of rotatable bonds is 2. The number of benzene rings is 1. The summed E-state index contributed by atoms with van der Waals surface area (Å²) in [4.78, 5) is 4.80. The van der Waals surface area contributed by atoms with Crippen molar-refractivity contribution in [3.8, 4) is 0 Å². The van der Waals surface area contributed by atoms with E-state index in [0.717, 1.165) is 17.3 Å². The largest absolute Gasteiger partial charge is 0.323 e. The lowest BCUT2D eigenvalue weighted by Crippen LogP contribution is -2.19. The second kappa shape index (κ2) is 5.40. The first-order valence-electron chi connectivity index (χ1n) is 7.69. The van der Waals surface area contributed by atoms with Crippen LogP contribution in [0.3, 0.4) is 0 Å². The summed E-state index contributed by atoms with van der Waals surface area (Å²) in [6, 6.07) is 6.93. The normalized spacial score (nSPS) is 25.0. The zero-order valence-electron chi connectivity index (χ0n) is 12.6. The molecule has 108 valence electrons. The average Bonchev–Trinajstić information content (AvgIpc) is 2.81. The van der Waals surface area contributed by atoms with Crippen molar-refractivity contribution in [2.75, 3.05) is 0 Å². The first kappa shape index (κ1) is 13.9. The molecule has 0 aliphatic heterocycles. The van der Waals surface area contributed by atoms with Crippen LogP contribution in [0, 0.1) is 12.8 Å². The topological polar surface area (TPSA) is 17.8 Å². The van der Waals surface area contributed by atoms with Crippen LogP contribution < -0.4 is 0 Å². The van der Waals surface area contributed by atoms with Gasteiger partial charge in [0, 0.05) is 6.04 Å². The molecule has 1 heterocycles. The number of halogens is 1. The van der Waals surface area contributed by atoms with Crippen molar-refractivity contribution < 1.29 is 0 Å². The van der Waals surface area contributed by atoms with E-state index < -0.39 is 0 Å². The summed E-state index contributed by atoms with van der Waals surface area (Å²) < 4.78 is 2.44. The average molecular weight is 291 g/mol. The Morgan fingerprint density at radius 3 is 2.60 bits per heavy atom. The van der Waals surface area contributed by atoms with Gasteiger partial charge in [-0.15, -0.1) is 11.6 Å². The van der Waals surface area contributed by atoms with Crippen LogP contribution in [0.15, 0.2) is 18.2 Å². The third-order valence-corrected chi connectivity index (χ3v) is 4.84. The number of aryl methyl sites for hydroxylation is 1. The van der Waals surface area contributed by atoms with E-state index in [1.54, 1.807) is 0 Å². The summed E-state index contributed by atoms with van der Waals surface area (Å²) in [7, 11) is 0. The van der Waals surface area contributed by atoms with E-state index in [9.17, 15) is 0 Å². The number of para-hydroxylation sites is 1. The SMILES string of the molecule is Cc1cccc2nc(C(C)Cl)n(C3CCC(C)CC3)c12. The van der Waals surface area contributed by atoms with E-state index in [1.807, 2.05) is 6.92 Å². The minimum Gasteiger partial charge on any atom is -0.323 e. The molecule has 0 bridgehead atoms. The zero-order chi connectivity index (χ0) is 14.3.